The lowest BCUT2D eigenvalue weighted by Crippen LogP contribution is -2.47. The Balaban J connectivity index is 0.00000400. The van der Waals surface area contributed by atoms with Crippen LogP contribution in [-0.4, -0.2) is 71.4 Å². The van der Waals surface area contributed by atoms with E-state index in [4.69, 9.17) is 4.74 Å². The van der Waals surface area contributed by atoms with Crippen LogP contribution in [0.5, 0.6) is 5.75 Å². The molecule has 2 N–H and O–H groups in total. The highest BCUT2D eigenvalue weighted by Crippen LogP contribution is 2.28. The van der Waals surface area contributed by atoms with E-state index in [1.165, 1.54) is 11.7 Å². The van der Waals surface area contributed by atoms with Crippen LogP contribution in [0.15, 0.2) is 41.2 Å². The van der Waals surface area contributed by atoms with Gasteiger partial charge in [-0.15, -0.1) is 0 Å². The largest absolute Gasteiger partial charge is 0.493 e. The van der Waals surface area contributed by atoms with E-state index in [9.17, 15) is 24.0 Å². The molecule has 0 bridgehead atoms. The maximum atomic E-state index is 13.4. The Morgan fingerprint density at radius 3 is 2.47 bits per heavy atom. The van der Waals surface area contributed by atoms with Crippen molar-refractivity contribution in [2.75, 3.05) is 26.8 Å². The lowest BCUT2D eigenvalue weighted by atomic mass is 10.0. The number of ketones is 1. The van der Waals surface area contributed by atoms with Gasteiger partial charge in [-0.2, -0.15) is 0 Å². The Morgan fingerprint density at radius 1 is 1.16 bits per heavy atom. The van der Waals surface area contributed by atoms with Crippen LogP contribution in [0.3, 0.4) is 0 Å². The van der Waals surface area contributed by atoms with E-state index in [0.29, 0.717) is 42.7 Å². The van der Waals surface area contributed by atoms with Crippen molar-refractivity contribution in [3.63, 3.8) is 0 Å². The normalized spacial score (nSPS) is 13.5. The third kappa shape index (κ3) is 5.77. The summed E-state index contributed by atoms with van der Waals surface area (Å²) in [5.41, 5.74) is 1.17. The van der Waals surface area contributed by atoms with Crippen LogP contribution in [0.2, 0.25) is 0 Å². The number of fused-ring (bicyclic) bond motifs is 1. The zero-order valence-electron chi connectivity index (χ0n) is 20.6. The molecular weight excluding hydrogens is 492 g/mol. The quantitative estimate of drug-likeness (QED) is 0.323. The molecule has 1 aromatic carbocycles. The number of pyridine rings is 1. The van der Waals surface area contributed by atoms with Crippen LogP contribution < -0.4 is 15.6 Å². The minimum Gasteiger partial charge on any atom is -0.493 e. The molecule has 38 heavy (non-hydrogen) atoms. The lowest BCUT2D eigenvalue weighted by Gasteiger charge is -2.32. The van der Waals surface area contributed by atoms with Crippen LogP contribution in [0, 0.1) is 6.92 Å². The number of likely N-dealkylation sites (tertiary alicyclic amines) is 1. The molecule has 0 spiro atoms. The van der Waals surface area contributed by atoms with Crippen molar-refractivity contribution in [3.05, 3.63) is 63.7 Å². The number of methoxy groups -OCH3 is 1. The van der Waals surface area contributed by atoms with Gasteiger partial charge in [-0.3, -0.25) is 24.0 Å². The van der Waals surface area contributed by atoms with Crippen molar-refractivity contribution >= 4 is 35.0 Å². The number of aromatic amines is 1. The fourth-order valence-corrected chi connectivity index (χ4v) is 4.55. The molecule has 0 saturated carbocycles. The Kier molecular flexibility index (Phi) is 9.06. The summed E-state index contributed by atoms with van der Waals surface area (Å²) < 4.78 is 11.4. The Morgan fingerprint density at radius 2 is 1.84 bits per heavy atom. The van der Waals surface area contributed by atoms with E-state index >= 15 is 0 Å². The first-order valence-electron chi connectivity index (χ1n) is 11.9. The van der Waals surface area contributed by atoms with Crippen molar-refractivity contribution in [2.45, 2.75) is 39.8 Å². The zero-order chi connectivity index (χ0) is 26.5. The summed E-state index contributed by atoms with van der Waals surface area (Å²) in [5.74, 6) is -0.824. The Bertz CT molecular complexity index is 1390. The predicted molar refractivity (Wildman–Crippen MR) is 140 cm³/mol. The van der Waals surface area contributed by atoms with Crippen molar-refractivity contribution in [2.24, 2.45) is 0 Å². The first-order chi connectivity index (χ1) is 17.8. The number of rotatable bonds is 9. The van der Waals surface area contributed by atoms with E-state index in [1.54, 1.807) is 42.2 Å². The van der Waals surface area contributed by atoms with Gasteiger partial charge < -0.3 is 29.2 Å². The van der Waals surface area contributed by atoms with Crippen LogP contribution >= 0.6 is 0 Å². The number of ether oxygens (including phenoxy) is 2. The van der Waals surface area contributed by atoms with Gasteiger partial charge >= 0.3 is 0 Å². The Labute approximate surface area is 219 Å². The fourth-order valence-electron chi connectivity index (χ4n) is 4.55. The Hall–Kier alpha value is -4.41. The van der Waals surface area contributed by atoms with Gasteiger partial charge in [-0.25, -0.2) is 0 Å². The standard InChI is InChI=1S/C26H28N4O7.CH4/c1-16-12-19-22(26(35)30(16)13-20(32)17-6-4-3-5-7-17)24(36-2)23(28-19)25(34)27-18-8-10-29(11-9-18)21(33)14-37-15-31;/h3-7,12,15,18,28H,8-11,13-14H2,1-2H3,(H,27,34);1H4. The van der Waals surface area contributed by atoms with Gasteiger partial charge in [0.05, 0.1) is 19.2 Å². The number of benzene rings is 1. The second kappa shape index (κ2) is 12.2. The molecule has 1 fully saturated rings. The smallest absolute Gasteiger partial charge is 0.293 e. The molecule has 1 aliphatic rings. The first-order valence-corrected chi connectivity index (χ1v) is 11.9. The van der Waals surface area contributed by atoms with Crippen LogP contribution in [-0.2, 0) is 20.9 Å². The van der Waals surface area contributed by atoms with Crippen LogP contribution in [0.1, 0.15) is 46.8 Å². The molecule has 1 aliphatic heterocycles. The van der Waals surface area contributed by atoms with E-state index in [-0.39, 0.29) is 61.6 Å². The molecule has 2 amide bonds. The molecule has 4 rings (SSSR count). The third-order valence-electron chi connectivity index (χ3n) is 6.51. The van der Waals surface area contributed by atoms with Crippen molar-refractivity contribution in [1.82, 2.24) is 19.8 Å². The van der Waals surface area contributed by atoms with Gasteiger partial charge in [-0.05, 0) is 25.8 Å². The summed E-state index contributed by atoms with van der Waals surface area (Å²) in [5, 5.41) is 3.13. The highest BCUT2D eigenvalue weighted by atomic mass is 16.5. The molecule has 3 aromatic rings. The van der Waals surface area contributed by atoms with Crippen molar-refractivity contribution in [3.8, 4) is 5.75 Å². The maximum absolute atomic E-state index is 13.4. The number of Topliss-reactive ketones (excluding diaryl/α,β-unsaturated/α-hetero) is 1. The molecule has 11 nitrogen and oxygen atoms in total. The van der Waals surface area contributed by atoms with Crippen LogP contribution in [0.4, 0.5) is 0 Å². The van der Waals surface area contributed by atoms with Crippen LogP contribution in [0.25, 0.3) is 10.9 Å². The predicted octanol–water partition coefficient (Wildman–Crippen LogP) is 2.06. The van der Waals surface area contributed by atoms with Gasteiger partial charge in [0.2, 0.25) is 0 Å². The van der Waals surface area contributed by atoms with E-state index in [0.717, 1.165) is 0 Å². The van der Waals surface area contributed by atoms with E-state index in [2.05, 4.69) is 15.0 Å². The van der Waals surface area contributed by atoms with Crippen molar-refractivity contribution < 1.29 is 28.7 Å². The number of H-pyrrole nitrogens is 1. The van der Waals surface area contributed by atoms with Gasteiger partial charge in [0, 0.05) is 30.4 Å². The van der Waals surface area contributed by atoms with Gasteiger partial charge in [-0.1, -0.05) is 37.8 Å². The zero-order valence-corrected chi connectivity index (χ0v) is 20.6. The van der Waals surface area contributed by atoms with E-state index < -0.39 is 11.5 Å². The number of nitrogens with one attached hydrogen (secondary N) is 2. The topological polar surface area (TPSA) is 140 Å². The molecule has 11 heteroatoms. The second-order valence-corrected chi connectivity index (χ2v) is 8.82. The van der Waals surface area contributed by atoms with Gasteiger partial charge in [0.25, 0.3) is 23.8 Å². The minimum absolute atomic E-state index is 0. The summed E-state index contributed by atoms with van der Waals surface area (Å²) in [6, 6.07) is 10.2. The number of hydrogen-bond donors (Lipinski definition) is 2. The first kappa shape index (κ1) is 28.2. The van der Waals surface area contributed by atoms with Gasteiger partial charge in [0.15, 0.2) is 18.1 Å². The number of aryl methyl sites for hydroxylation is 1. The number of aromatic nitrogens is 2. The number of hydrogen-bond acceptors (Lipinski definition) is 7. The number of amides is 2. The SMILES string of the molecule is C.COc1c(C(=O)NC2CCN(C(=O)COC=O)CC2)[nH]c2cc(C)n(CC(=O)c3ccccc3)c(=O)c12. The van der Waals surface area contributed by atoms with Crippen molar-refractivity contribution in [1.29, 1.82) is 0 Å². The highest BCUT2D eigenvalue weighted by molar-refractivity contribution is 6.03. The average Bonchev–Trinajstić information content (AvgIpc) is 3.29. The molecule has 0 atom stereocenters. The summed E-state index contributed by atoms with van der Waals surface area (Å²) in [6.07, 6.45) is 1.04. The summed E-state index contributed by atoms with van der Waals surface area (Å²) >= 11 is 0. The number of carbonyl (C=O) groups is 4. The lowest BCUT2D eigenvalue weighted by molar-refractivity contribution is -0.144. The molecule has 0 aliphatic carbocycles. The number of carbonyl (C=O) groups excluding carboxylic acids is 4. The van der Waals surface area contributed by atoms with E-state index in [1.807, 2.05) is 6.07 Å². The molecule has 0 radical (unpaired) electrons. The summed E-state index contributed by atoms with van der Waals surface area (Å²) in [6.45, 7) is 2.33. The number of piperidine rings is 1. The number of nitrogens with zero attached hydrogens (tertiary/aromatic N) is 2. The molecule has 2 aromatic heterocycles. The maximum Gasteiger partial charge on any atom is 0.293 e. The molecule has 3 heterocycles. The molecular formula is C27H32N4O7. The third-order valence-corrected chi connectivity index (χ3v) is 6.51. The highest BCUT2D eigenvalue weighted by Gasteiger charge is 2.28. The monoisotopic (exact) mass is 524 g/mol. The minimum atomic E-state index is -0.439. The second-order valence-electron chi connectivity index (χ2n) is 8.82. The summed E-state index contributed by atoms with van der Waals surface area (Å²) in [7, 11) is 1.38. The molecule has 202 valence electrons. The fraction of sp³-hybridized carbons (Fsp3) is 0.370. The average molecular weight is 525 g/mol. The summed E-state index contributed by atoms with van der Waals surface area (Å²) in [4.78, 5) is 66.2. The van der Waals surface area contributed by atoms with Gasteiger partial charge in [0.1, 0.15) is 11.1 Å². The molecule has 0 unspecified atom stereocenters. The molecule has 1 saturated heterocycles.